The minimum atomic E-state index is -4.50. The first-order valence-electron chi connectivity index (χ1n) is 12.2. The summed E-state index contributed by atoms with van der Waals surface area (Å²) in [5, 5.41) is 4.00. The zero-order chi connectivity index (χ0) is 28.1. The third-order valence-corrected chi connectivity index (χ3v) is 6.48. The molecule has 2 aromatic carbocycles. The molecular weight excluding hydrogens is 507 g/mol. The van der Waals surface area contributed by atoms with Gasteiger partial charge in [-0.25, -0.2) is 15.0 Å². The van der Waals surface area contributed by atoms with Crippen LogP contribution in [0.5, 0.6) is 5.75 Å². The van der Waals surface area contributed by atoms with E-state index in [1.54, 1.807) is 21.0 Å². The lowest BCUT2D eigenvalue weighted by molar-refractivity contribution is -0.137. The molecule has 5 aromatic rings. The van der Waals surface area contributed by atoms with Gasteiger partial charge in [-0.05, 0) is 61.4 Å². The highest BCUT2D eigenvalue weighted by Crippen LogP contribution is 2.35. The van der Waals surface area contributed by atoms with Crippen LogP contribution in [0.1, 0.15) is 29.9 Å². The summed E-state index contributed by atoms with van der Waals surface area (Å²) in [6.07, 6.45) is -0.610. The summed E-state index contributed by atoms with van der Waals surface area (Å²) in [4.78, 5) is 15.7. The topological polar surface area (TPSA) is 93.6 Å². The number of benzene rings is 2. The Morgan fingerprint density at radius 3 is 2.46 bits per heavy atom. The number of alkyl halides is 3. The molecule has 8 nitrogen and oxygen atoms in total. The molecule has 0 radical (unpaired) electrons. The summed E-state index contributed by atoms with van der Waals surface area (Å²) >= 11 is 0. The molecular formula is C28H28F3N7O. The van der Waals surface area contributed by atoms with Gasteiger partial charge in [0.1, 0.15) is 17.5 Å². The molecule has 11 heteroatoms. The highest BCUT2D eigenvalue weighted by molar-refractivity contribution is 5.93. The van der Waals surface area contributed by atoms with Gasteiger partial charge >= 0.3 is 6.18 Å². The summed E-state index contributed by atoms with van der Waals surface area (Å²) in [5.74, 6) is 2.46. The molecule has 202 valence electrons. The maximum absolute atomic E-state index is 13.4. The first kappa shape index (κ1) is 26.1. The van der Waals surface area contributed by atoms with Crippen LogP contribution in [0.2, 0.25) is 0 Å². The molecule has 0 aliphatic rings. The SMILES string of the molecule is COc1cc(-c2ccc3nc(C)nc(N[C@H](C)c4cc(N)cc(C(F)(F)F)c4)c3c2)cn2cc(N(C)C)nc12. The smallest absolute Gasteiger partial charge is 0.416 e. The maximum atomic E-state index is 13.4. The first-order valence-corrected chi connectivity index (χ1v) is 12.2. The van der Waals surface area contributed by atoms with E-state index in [9.17, 15) is 13.2 Å². The van der Waals surface area contributed by atoms with Crippen molar-refractivity contribution in [2.45, 2.75) is 26.1 Å². The van der Waals surface area contributed by atoms with Gasteiger partial charge in [-0.1, -0.05) is 6.07 Å². The second kappa shape index (κ2) is 9.64. The van der Waals surface area contributed by atoms with Crippen LogP contribution in [0, 0.1) is 6.92 Å². The molecule has 0 fully saturated rings. The predicted molar refractivity (Wildman–Crippen MR) is 147 cm³/mol. The van der Waals surface area contributed by atoms with E-state index in [4.69, 9.17) is 10.5 Å². The highest BCUT2D eigenvalue weighted by atomic mass is 19.4. The van der Waals surface area contributed by atoms with E-state index in [1.165, 1.54) is 6.07 Å². The highest BCUT2D eigenvalue weighted by Gasteiger charge is 2.31. The van der Waals surface area contributed by atoms with E-state index >= 15 is 0 Å². The molecule has 0 aliphatic carbocycles. The minimum Gasteiger partial charge on any atom is -0.493 e. The number of hydrogen-bond donors (Lipinski definition) is 2. The van der Waals surface area contributed by atoms with Gasteiger partial charge in [0.2, 0.25) is 0 Å². The average molecular weight is 536 g/mol. The molecule has 39 heavy (non-hydrogen) atoms. The van der Waals surface area contributed by atoms with Gasteiger partial charge in [-0.15, -0.1) is 0 Å². The summed E-state index contributed by atoms with van der Waals surface area (Å²) in [6, 6.07) is 10.8. The Morgan fingerprint density at radius 1 is 1.00 bits per heavy atom. The van der Waals surface area contributed by atoms with Crippen molar-refractivity contribution in [3.05, 3.63) is 71.8 Å². The van der Waals surface area contributed by atoms with Gasteiger partial charge in [0.15, 0.2) is 11.4 Å². The number of nitrogens with two attached hydrogens (primary N) is 1. The summed E-state index contributed by atoms with van der Waals surface area (Å²) in [5.41, 5.74) is 8.61. The van der Waals surface area contributed by atoms with Crippen LogP contribution in [0.25, 0.3) is 27.7 Å². The van der Waals surface area contributed by atoms with Crippen LogP contribution in [0.4, 0.5) is 30.5 Å². The number of pyridine rings is 1. The first-order chi connectivity index (χ1) is 18.4. The number of fused-ring (bicyclic) bond motifs is 2. The number of aromatic nitrogens is 4. The lowest BCUT2D eigenvalue weighted by atomic mass is 10.0. The Hall–Kier alpha value is -4.54. The predicted octanol–water partition coefficient (Wildman–Crippen LogP) is 6.10. The van der Waals surface area contributed by atoms with E-state index in [1.807, 2.05) is 60.1 Å². The number of imidazole rings is 1. The molecule has 0 saturated heterocycles. The van der Waals surface area contributed by atoms with Crippen molar-refractivity contribution >= 4 is 33.9 Å². The lowest BCUT2D eigenvalue weighted by Crippen LogP contribution is -2.12. The zero-order valence-corrected chi connectivity index (χ0v) is 22.1. The van der Waals surface area contributed by atoms with Crippen LogP contribution in [0.3, 0.4) is 0 Å². The van der Waals surface area contributed by atoms with Crippen LogP contribution >= 0.6 is 0 Å². The third kappa shape index (κ3) is 5.12. The van der Waals surface area contributed by atoms with Crippen LogP contribution in [-0.4, -0.2) is 40.6 Å². The van der Waals surface area contributed by atoms with Crippen molar-refractivity contribution in [2.75, 3.05) is 37.2 Å². The quantitative estimate of drug-likeness (QED) is 0.254. The second-order valence-electron chi connectivity index (χ2n) is 9.63. The molecule has 0 saturated carbocycles. The van der Waals surface area contributed by atoms with Crippen molar-refractivity contribution in [1.29, 1.82) is 0 Å². The maximum Gasteiger partial charge on any atom is 0.416 e. The molecule has 3 heterocycles. The number of rotatable bonds is 6. The van der Waals surface area contributed by atoms with Crippen molar-refractivity contribution in [3.8, 4) is 16.9 Å². The number of nitrogens with one attached hydrogen (secondary N) is 1. The summed E-state index contributed by atoms with van der Waals surface area (Å²) < 4.78 is 47.7. The Morgan fingerprint density at radius 2 is 1.77 bits per heavy atom. The van der Waals surface area contributed by atoms with Crippen LogP contribution in [0.15, 0.2) is 54.9 Å². The Labute approximate surface area is 223 Å². The molecule has 0 bridgehead atoms. The molecule has 5 rings (SSSR count). The minimum absolute atomic E-state index is 0.0424. The van der Waals surface area contributed by atoms with Gasteiger partial charge < -0.3 is 25.1 Å². The van der Waals surface area contributed by atoms with E-state index in [0.717, 1.165) is 34.5 Å². The number of ether oxygens (including phenoxy) is 1. The van der Waals surface area contributed by atoms with E-state index in [2.05, 4.69) is 20.3 Å². The molecule has 3 N–H and O–H groups in total. The molecule has 3 aromatic heterocycles. The number of methoxy groups -OCH3 is 1. The third-order valence-electron chi connectivity index (χ3n) is 6.48. The van der Waals surface area contributed by atoms with Crippen LogP contribution < -0.4 is 20.7 Å². The lowest BCUT2D eigenvalue weighted by Gasteiger charge is -2.19. The average Bonchev–Trinajstić information content (AvgIpc) is 3.32. The fourth-order valence-corrected chi connectivity index (χ4v) is 4.49. The summed E-state index contributed by atoms with van der Waals surface area (Å²) in [7, 11) is 5.44. The fourth-order valence-electron chi connectivity index (χ4n) is 4.49. The van der Waals surface area contributed by atoms with Gasteiger partial charge in [-0.3, -0.25) is 0 Å². The number of hydrogen-bond acceptors (Lipinski definition) is 7. The molecule has 0 spiro atoms. The van der Waals surface area contributed by atoms with E-state index in [-0.39, 0.29) is 5.69 Å². The number of anilines is 3. The number of nitrogen functional groups attached to an aromatic ring is 1. The number of halogens is 3. The van der Waals surface area contributed by atoms with Gasteiger partial charge in [-0.2, -0.15) is 13.2 Å². The number of nitrogens with zero attached hydrogens (tertiary/aromatic N) is 5. The van der Waals surface area contributed by atoms with E-state index < -0.39 is 17.8 Å². The monoisotopic (exact) mass is 535 g/mol. The van der Waals surface area contributed by atoms with Gasteiger partial charge in [0, 0.05) is 36.9 Å². The normalized spacial score (nSPS) is 12.6. The zero-order valence-electron chi connectivity index (χ0n) is 22.1. The molecule has 1 atom stereocenters. The Bertz CT molecular complexity index is 1700. The van der Waals surface area contributed by atoms with Crippen molar-refractivity contribution in [2.24, 2.45) is 0 Å². The second-order valence-corrected chi connectivity index (χ2v) is 9.63. The summed E-state index contributed by atoms with van der Waals surface area (Å²) in [6.45, 7) is 3.54. The Kier molecular flexibility index (Phi) is 6.45. The Balaban J connectivity index is 1.57. The van der Waals surface area contributed by atoms with Gasteiger partial charge in [0.25, 0.3) is 0 Å². The number of aryl methyl sites for hydroxylation is 1. The standard InChI is InChI=1S/C28H28F3N7O/c1-15(18-8-20(28(29,30)31)12-21(32)9-18)33-26-22-10-17(6-7-23(22)34-16(2)35-26)19-11-24(39-5)27-36-25(37(3)4)14-38(27)13-19/h6-15H,32H2,1-5H3,(H,33,34,35)/t15-/m1/s1. The largest absolute Gasteiger partial charge is 0.493 e. The molecule has 0 unspecified atom stereocenters. The van der Waals surface area contributed by atoms with E-state index in [0.29, 0.717) is 34.1 Å². The van der Waals surface area contributed by atoms with Crippen molar-refractivity contribution in [1.82, 2.24) is 19.4 Å². The fraction of sp³-hybridized carbons (Fsp3) is 0.250. The molecule has 0 aliphatic heterocycles. The van der Waals surface area contributed by atoms with Crippen LogP contribution in [-0.2, 0) is 6.18 Å². The van der Waals surface area contributed by atoms with Gasteiger partial charge in [0.05, 0.1) is 30.4 Å². The van der Waals surface area contributed by atoms with Crippen molar-refractivity contribution in [3.63, 3.8) is 0 Å². The van der Waals surface area contributed by atoms with Crippen molar-refractivity contribution < 1.29 is 17.9 Å². The molecule has 0 amide bonds.